The topological polar surface area (TPSA) is 33.2 Å². The maximum Gasteiger partial charge on any atom is 0.153 e. The van der Waals surface area contributed by atoms with E-state index in [1.807, 2.05) is 38.1 Å². The number of hydrogen-bond donors (Lipinski definition) is 0. The Balaban J connectivity index is 0.000000493. The van der Waals surface area contributed by atoms with Crippen LogP contribution in [-0.2, 0) is 6.42 Å². The van der Waals surface area contributed by atoms with Gasteiger partial charge in [0.05, 0.1) is 11.3 Å². The molecule has 36 heavy (non-hydrogen) atoms. The Morgan fingerprint density at radius 2 is 1.97 bits per heavy atom. The second kappa shape index (κ2) is 13.8. The van der Waals surface area contributed by atoms with Crippen LogP contribution < -0.4 is 4.90 Å². The summed E-state index contributed by atoms with van der Waals surface area (Å²) in [6, 6.07) is 8.79. The van der Waals surface area contributed by atoms with Crippen LogP contribution in [0.1, 0.15) is 77.2 Å². The molecule has 0 radical (unpaired) electrons. The predicted molar refractivity (Wildman–Crippen MR) is 155 cm³/mol. The van der Waals surface area contributed by atoms with E-state index < -0.39 is 0 Å². The summed E-state index contributed by atoms with van der Waals surface area (Å²) in [5.41, 5.74) is 2.99. The minimum Gasteiger partial charge on any atom is -0.351 e. The summed E-state index contributed by atoms with van der Waals surface area (Å²) in [6.07, 6.45) is 12.1. The largest absolute Gasteiger partial charge is 0.351 e. The van der Waals surface area contributed by atoms with Crippen LogP contribution in [0.25, 0.3) is 11.3 Å². The Morgan fingerprint density at radius 1 is 1.25 bits per heavy atom. The van der Waals surface area contributed by atoms with Crippen molar-refractivity contribution < 1.29 is 9.18 Å². The van der Waals surface area contributed by atoms with E-state index in [2.05, 4.69) is 57.9 Å². The van der Waals surface area contributed by atoms with Gasteiger partial charge in [0.1, 0.15) is 11.6 Å². The SMILES string of the molecule is C/C=C\C(=C/C)SC.CC(C)CCc1cc(F)cc(-c2ccc(C=O)c(N3CC(C)CC3(C)C)n2)c1. The average Bonchev–Trinajstić information content (AvgIpc) is 3.12. The Labute approximate surface area is 222 Å². The fraction of sp³-hybridized carbons (Fsp3) is 0.484. The van der Waals surface area contributed by atoms with Crippen LogP contribution in [0, 0.1) is 17.7 Å². The number of allylic oxidation sites excluding steroid dienone is 3. The monoisotopic (exact) mass is 510 g/mol. The van der Waals surface area contributed by atoms with E-state index in [-0.39, 0.29) is 11.4 Å². The summed E-state index contributed by atoms with van der Waals surface area (Å²) in [6.45, 7) is 15.9. The van der Waals surface area contributed by atoms with Gasteiger partial charge in [-0.3, -0.25) is 4.79 Å². The zero-order valence-corrected chi connectivity index (χ0v) is 24.1. The Kier molecular flexibility index (Phi) is 11.4. The molecular formula is C31H43FN2OS. The molecule has 0 amide bonds. The number of aldehydes is 1. The smallest absolute Gasteiger partial charge is 0.153 e. The van der Waals surface area contributed by atoms with Crippen LogP contribution in [0.15, 0.2) is 53.5 Å². The van der Waals surface area contributed by atoms with Crippen LogP contribution in [0.4, 0.5) is 10.2 Å². The quantitative estimate of drug-likeness (QED) is 0.262. The summed E-state index contributed by atoms with van der Waals surface area (Å²) < 4.78 is 14.3. The van der Waals surface area contributed by atoms with Gasteiger partial charge in [0.25, 0.3) is 0 Å². The van der Waals surface area contributed by atoms with Crippen LogP contribution >= 0.6 is 11.8 Å². The number of anilines is 1. The first-order valence-corrected chi connectivity index (χ1v) is 14.1. The molecule has 1 fully saturated rings. The predicted octanol–water partition coefficient (Wildman–Crippen LogP) is 8.74. The van der Waals surface area contributed by atoms with Gasteiger partial charge >= 0.3 is 0 Å². The lowest BCUT2D eigenvalue weighted by Gasteiger charge is -2.33. The van der Waals surface area contributed by atoms with Gasteiger partial charge in [-0.15, -0.1) is 11.8 Å². The first-order chi connectivity index (χ1) is 17.0. The van der Waals surface area contributed by atoms with Crippen molar-refractivity contribution in [1.29, 1.82) is 0 Å². The molecular weight excluding hydrogens is 467 g/mol. The number of pyridine rings is 1. The lowest BCUT2D eigenvalue weighted by atomic mass is 9.97. The third-order valence-electron chi connectivity index (χ3n) is 6.48. The van der Waals surface area contributed by atoms with Gasteiger partial charge in [-0.1, -0.05) is 39.0 Å². The van der Waals surface area contributed by atoms with Crippen LogP contribution in [0.3, 0.4) is 0 Å². The van der Waals surface area contributed by atoms with E-state index in [9.17, 15) is 9.18 Å². The molecule has 2 heterocycles. The summed E-state index contributed by atoms with van der Waals surface area (Å²) >= 11 is 1.77. The molecule has 3 rings (SSSR count). The zero-order valence-electron chi connectivity index (χ0n) is 23.3. The van der Waals surface area contributed by atoms with Crippen LogP contribution in [0.5, 0.6) is 0 Å². The average molecular weight is 511 g/mol. The summed E-state index contributed by atoms with van der Waals surface area (Å²) in [7, 11) is 0. The molecule has 1 aliphatic rings. The first-order valence-electron chi connectivity index (χ1n) is 12.9. The van der Waals surface area contributed by atoms with Crippen molar-refractivity contribution in [3.05, 3.63) is 70.4 Å². The van der Waals surface area contributed by atoms with Gasteiger partial charge in [0.15, 0.2) is 6.29 Å². The first kappa shape index (κ1) is 29.8. The number of rotatable bonds is 8. The molecule has 1 atom stereocenters. The number of hydrogen-bond acceptors (Lipinski definition) is 4. The van der Waals surface area contributed by atoms with E-state index >= 15 is 0 Å². The number of carbonyl (C=O) groups excluding carboxylic acids is 1. The molecule has 1 unspecified atom stereocenters. The standard InChI is InChI=1S/C24H31FN2O.C7H12S/c1-16(2)6-7-18-10-20(12-21(25)11-18)22-9-8-19(15-28)23(26-22)27-14-17(3)13-24(27,4)5;1-4-6-7(5-2)8-3/h8-12,15-17H,6-7,13-14H2,1-5H3;4-6H,1-3H3/b;6-4-,7-5+. The molecule has 5 heteroatoms. The van der Waals surface area contributed by atoms with Crippen LogP contribution in [0.2, 0.25) is 0 Å². The van der Waals surface area contributed by atoms with E-state index in [4.69, 9.17) is 4.98 Å². The van der Waals surface area contributed by atoms with Crippen molar-refractivity contribution in [2.75, 3.05) is 17.7 Å². The van der Waals surface area contributed by atoms with Crippen molar-refractivity contribution in [2.24, 2.45) is 11.8 Å². The fourth-order valence-electron chi connectivity index (χ4n) is 4.73. The third kappa shape index (κ3) is 8.33. The molecule has 1 saturated heterocycles. The molecule has 0 bridgehead atoms. The molecule has 2 aromatic rings. The number of nitrogens with zero attached hydrogens (tertiary/aromatic N) is 2. The minimum absolute atomic E-state index is 0.0623. The molecule has 1 aromatic carbocycles. The number of benzene rings is 1. The third-order valence-corrected chi connectivity index (χ3v) is 7.32. The lowest BCUT2D eigenvalue weighted by molar-refractivity contribution is 0.112. The summed E-state index contributed by atoms with van der Waals surface area (Å²) in [5.74, 6) is 1.57. The molecule has 196 valence electrons. The highest BCUT2D eigenvalue weighted by molar-refractivity contribution is 8.02. The molecule has 3 nitrogen and oxygen atoms in total. The highest BCUT2D eigenvalue weighted by Gasteiger charge is 2.38. The normalized spacial score (nSPS) is 17.4. The van der Waals surface area contributed by atoms with Crippen molar-refractivity contribution >= 4 is 23.9 Å². The lowest BCUT2D eigenvalue weighted by Crippen LogP contribution is -2.39. The van der Waals surface area contributed by atoms with Gasteiger partial charge in [-0.2, -0.15) is 0 Å². The molecule has 0 spiro atoms. The van der Waals surface area contributed by atoms with E-state index in [0.717, 1.165) is 43.2 Å². The van der Waals surface area contributed by atoms with Crippen molar-refractivity contribution in [3.8, 4) is 11.3 Å². The number of aryl methyl sites for hydroxylation is 1. The van der Waals surface area contributed by atoms with Crippen molar-refractivity contribution in [3.63, 3.8) is 0 Å². The van der Waals surface area contributed by atoms with Gasteiger partial charge in [0.2, 0.25) is 0 Å². The summed E-state index contributed by atoms with van der Waals surface area (Å²) in [5, 5.41) is 0. The fourth-order valence-corrected chi connectivity index (χ4v) is 5.24. The Morgan fingerprint density at radius 3 is 2.47 bits per heavy atom. The maximum absolute atomic E-state index is 14.3. The van der Waals surface area contributed by atoms with Gasteiger partial charge in [-0.25, -0.2) is 9.37 Å². The highest BCUT2D eigenvalue weighted by atomic mass is 32.2. The van der Waals surface area contributed by atoms with E-state index in [0.29, 0.717) is 28.9 Å². The zero-order chi connectivity index (χ0) is 26.9. The number of thioether (sulfide) groups is 1. The van der Waals surface area contributed by atoms with Crippen molar-refractivity contribution in [1.82, 2.24) is 4.98 Å². The minimum atomic E-state index is -0.241. The number of carbonyl (C=O) groups is 1. The highest BCUT2D eigenvalue weighted by Crippen LogP contribution is 2.38. The number of halogens is 1. The van der Waals surface area contributed by atoms with Crippen molar-refractivity contribution in [2.45, 2.75) is 73.3 Å². The molecule has 0 aliphatic carbocycles. The maximum atomic E-state index is 14.3. The van der Waals surface area contributed by atoms with Gasteiger partial charge < -0.3 is 4.90 Å². The van der Waals surface area contributed by atoms with E-state index in [1.165, 1.54) is 11.0 Å². The van der Waals surface area contributed by atoms with Gasteiger partial charge in [-0.05, 0) is 101 Å². The Bertz CT molecular complexity index is 1070. The molecule has 1 aromatic heterocycles. The molecule has 1 aliphatic heterocycles. The van der Waals surface area contributed by atoms with Crippen LogP contribution in [-0.4, -0.2) is 29.6 Å². The molecule has 0 N–H and O–H groups in total. The number of aromatic nitrogens is 1. The molecule has 0 saturated carbocycles. The second-order valence-corrected chi connectivity index (χ2v) is 11.5. The second-order valence-electron chi connectivity index (χ2n) is 10.6. The van der Waals surface area contributed by atoms with Gasteiger partial charge in [0, 0.05) is 22.6 Å². The van der Waals surface area contributed by atoms with E-state index in [1.54, 1.807) is 17.8 Å². The Hall–Kier alpha value is -2.40. The summed E-state index contributed by atoms with van der Waals surface area (Å²) in [4.78, 5) is 20.0.